The molecule has 3 nitrogen and oxygen atoms in total. The van der Waals surface area contributed by atoms with Gasteiger partial charge in [-0.1, -0.05) is 6.07 Å². The van der Waals surface area contributed by atoms with Crippen LogP contribution in [0.4, 0.5) is 4.39 Å². The Kier molecular flexibility index (Phi) is 5.90. The van der Waals surface area contributed by atoms with Gasteiger partial charge in [0.2, 0.25) is 0 Å². The number of halogens is 2. The SMILES string of the molecule is COCCN(Cc1cccs1)C(=O)c1ccc(F)cc1Br. The molecule has 0 aliphatic rings. The molecule has 0 spiro atoms. The van der Waals surface area contributed by atoms with Crippen LogP contribution in [-0.2, 0) is 11.3 Å². The van der Waals surface area contributed by atoms with Crippen molar-refractivity contribution >= 4 is 33.2 Å². The largest absolute Gasteiger partial charge is 0.383 e. The van der Waals surface area contributed by atoms with Gasteiger partial charge in [0, 0.05) is 23.0 Å². The van der Waals surface area contributed by atoms with Crippen LogP contribution in [0.3, 0.4) is 0 Å². The van der Waals surface area contributed by atoms with Gasteiger partial charge in [0.05, 0.1) is 18.7 Å². The van der Waals surface area contributed by atoms with E-state index in [4.69, 9.17) is 4.74 Å². The van der Waals surface area contributed by atoms with Crippen LogP contribution in [0.15, 0.2) is 40.2 Å². The van der Waals surface area contributed by atoms with E-state index >= 15 is 0 Å². The van der Waals surface area contributed by atoms with E-state index in [0.717, 1.165) is 4.88 Å². The minimum absolute atomic E-state index is 0.146. The molecule has 21 heavy (non-hydrogen) atoms. The highest BCUT2D eigenvalue weighted by Gasteiger charge is 2.19. The van der Waals surface area contributed by atoms with Crippen molar-refractivity contribution in [2.24, 2.45) is 0 Å². The van der Waals surface area contributed by atoms with E-state index in [1.165, 1.54) is 18.2 Å². The lowest BCUT2D eigenvalue weighted by Crippen LogP contribution is -2.33. The Bertz CT molecular complexity index is 604. The van der Waals surface area contributed by atoms with Gasteiger partial charge in [-0.2, -0.15) is 0 Å². The van der Waals surface area contributed by atoms with Gasteiger partial charge < -0.3 is 9.64 Å². The fourth-order valence-corrected chi connectivity index (χ4v) is 3.12. The monoisotopic (exact) mass is 371 g/mol. The van der Waals surface area contributed by atoms with E-state index < -0.39 is 0 Å². The number of thiophene rings is 1. The Morgan fingerprint density at radius 2 is 2.24 bits per heavy atom. The maximum atomic E-state index is 13.1. The number of rotatable bonds is 6. The number of carbonyl (C=O) groups is 1. The van der Waals surface area contributed by atoms with Crippen molar-refractivity contribution in [2.75, 3.05) is 20.3 Å². The fraction of sp³-hybridized carbons (Fsp3) is 0.267. The van der Waals surface area contributed by atoms with E-state index in [1.54, 1.807) is 23.3 Å². The van der Waals surface area contributed by atoms with Crippen LogP contribution in [-0.4, -0.2) is 31.1 Å². The molecule has 1 aromatic heterocycles. The smallest absolute Gasteiger partial charge is 0.255 e. The van der Waals surface area contributed by atoms with E-state index in [2.05, 4.69) is 15.9 Å². The number of methoxy groups -OCH3 is 1. The Morgan fingerprint density at radius 1 is 1.43 bits per heavy atom. The number of carbonyl (C=O) groups excluding carboxylic acids is 1. The molecule has 0 saturated carbocycles. The lowest BCUT2D eigenvalue weighted by molar-refractivity contribution is 0.0681. The Morgan fingerprint density at radius 3 is 2.86 bits per heavy atom. The summed E-state index contributed by atoms with van der Waals surface area (Å²) in [7, 11) is 1.60. The zero-order valence-corrected chi connectivity index (χ0v) is 13.9. The highest BCUT2D eigenvalue weighted by Crippen LogP contribution is 2.21. The molecule has 0 atom stereocenters. The molecule has 0 N–H and O–H groups in total. The van der Waals surface area contributed by atoms with Crippen molar-refractivity contribution in [2.45, 2.75) is 6.54 Å². The van der Waals surface area contributed by atoms with Gasteiger partial charge in [0.25, 0.3) is 5.91 Å². The molecule has 112 valence electrons. The van der Waals surface area contributed by atoms with Crippen LogP contribution in [0.5, 0.6) is 0 Å². The lowest BCUT2D eigenvalue weighted by atomic mass is 10.2. The number of hydrogen-bond donors (Lipinski definition) is 0. The molecule has 1 amide bonds. The van der Waals surface area contributed by atoms with Gasteiger partial charge >= 0.3 is 0 Å². The van der Waals surface area contributed by atoms with Crippen LogP contribution >= 0.6 is 27.3 Å². The number of nitrogens with zero attached hydrogens (tertiary/aromatic N) is 1. The summed E-state index contributed by atoms with van der Waals surface area (Å²) in [6.45, 7) is 1.46. The predicted octanol–water partition coefficient (Wildman–Crippen LogP) is 3.94. The molecule has 0 fully saturated rings. The zero-order valence-electron chi connectivity index (χ0n) is 11.5. The summed E-state index contributed by atoms with van der Waals surface area (Å²) in [5, 5.41) is 1.97. The minimum Gasteiger partial charge on any atom is -0.383 e. The van der Waals surface area contributed by atoms with Crippen molar-refractivity contribution in [3.63, 3.8) is 0 Å². The van der Waals surface area contributed by atoms with Gasteiger partial charge in [0.15, 0.2) is 0 Å². The first-order valence-electron chi connectivity index (χ1n) is 6.37. The second kappa shape index (κ2) is 7.68. The Balaban J connectivity index is 2.20. The molecular weight excluding hydrogens is 357 g/mol. The standard InChI is InChI=1S/C15H15BrFNO2S/c1-20-7-6-18(10-12-3-2-8-21-12)15(19)13-5-4-11(17)9-14(13)16/h2-5,8-9H,6-7,10H2,1H3. The summed E-state index contributed by atoms with van der Waals surface area (Å²) in [5.74, 6) is -0.521. The van der Waals surface area contributed by atoms with Crippen molar-refractivity contribution in [3.05, 3.63) is 56.4 Å². The second-order valence-corrected chi connectivity index (χ2v) is 6.31. The summed E-state index contributed by atoms with van der Waals surface area (Å²) in [6, 6.07) is 8.02. The summed E-state index contributed by atoms with van der Waals surface area (Å²) < 4.78 is 18.7. The lowest BCUT2D eigenvalue weighted by Gasteiger charge is -2.22. The number of benzene rings is 1. The van der Waals surface area contributed by atoms with Crippen molar-refractivity contribution < 1.29 is 13.9 Å². The summed E-state index contributed by atoms with van der Waals surface area (Å²) in [5.41, 5.74) is 0.448. The molecule has 2 aromatic rings. The van der Waals surface area contributed by atoms with Gasteiger partial charge in [-0.15, -0.1) is 11.3 Å². The summed E-state index contributed by atoms with van der Waals surface area (Å²) in [4.78, 5) is 15.4. The molecule has 0 radical (unpaired) electrons. The quantitative estimate of drug-likeness (QED) is 0.769. The molecule has 0 bridgehead atoms. The first-order chi connectivity index (χ1) is 10.1. The average molecular weight is 372 g/mol. The molecule has 1 aromatic carbocycles. The second-order valence-electron chi connectivity index (χ2n) is 4.42. The predicted molar refractivity (Wildman–Crippen MR) is 85.0 cm³/mol. The van der Waals surface area contributed by atoms with Crippen molar-refractivity contribution in [1.29, 1.82) is 0 Å². The zero-order chi connectivity index (χ0) is 15.2. The molecule has 0 saturated heterocycles. The fourth-order valence-electron chi connectivity index (χ4n) is 1.88. The summed E-state index contributed by atoms with van der Waals surface area (Å²) >= 11 is 4.84. The molecule has 1 heterocycles. The topological polar surface area (TPSA) is 29.5 Å². The molecule has 6 heteroatoms. The van der Waals surface area contributed by atoms with Crippen LogP contribution in [0.2, 0.25) is 0 Å². The van der Waals surface area contributed by atoms with Crippen LogP contribution in [0.1, 0.15) is 15.2 Å². The maximum absolute atomic E-state index is 13.1. The Hall–Kier alpha value is -1.24. The van der Waals surface area contributed by atoms with Crippen LogP contribution < -0.4 is 0 Å². The normalized spacial score (nSPS) is 10.6. The van der Waals surface area contributed by atoms with Crippen LogP contribution in [0, 0.1) is 5.82 Å². The van der Waals surface area contributed by atoms with Gasteiger partial charge in [0.1, 0.15) is 5.82 Å². The number of amides is 1. The highest BCUT2D eigenvalue weighted by atomic mass is 79.9. The molecular formula is C15H15BrFNO2S. The first-order valence-corrected chi connectivity index (χ1v) is 8.04. The first kappa shape index (κ1) is 16.1. The minimum atomic E-state index is -0.375. The third-order valence-electron chi connectivity index (χ3n) is 2.94. The maximum Gasteiger partial charge on any atom is 0.255 e. The molecule has 0 unspecified atom stereocenters. The number of ether oxygens (including phenoxy) is 1. The van der Waals surface area contributed by atoms with E-state index in [9.17, 15) is 9.18 Å². The summed E-state index contributed by atoms with van der Waals surface area (Å²) in [6.07, 6.45) is 0. The van der Waals surface area contributed by atoms with E-state index in [-0.39, 0.29) is 11.7 Å². The molecule has 0 aliphatic carbocycles. The van der Waals surface area contributed by atoms with Gasteiger partial charge in [-0.3, -0.25) is 4.79 Å². The van der Waals surface area contributed by atoms with Crippen molar-refractivity contribution in [3.8, 4) is 0 Å². The van der Waals surface area contributed by atoms with E-state index in [1.807, 2.05) is 17.5 Å². The van der Waals surface area contributed by atoms with Crippen LogP contribution in [0.25, 0.3) is 0 Å². The van der Waals surface area contributed by atoms with Crippen molar-refractivity contribution in [1.82, 2.24) is 4.90 Å². The Labute approximate surface area is 135 Å². The third kappa shape index (κ3) is 4.36. The molecule has 2 rings (SSSR count). The number of hydrogen-bond acceptors (Lipinski definition) is 3. The average Bonchev–Trinajstić information content (AvgIpc) is 2.95. The highest BCUT2D eigenvalue weighted by molar-refractivity contribution is 9.10. The van der Waals surface area contributed by atoms with E-state index in [0.29, 0.717) is 29.7 Å². The third-order valence-corrected chi connectivity index (χ3v) is 4.46. The molecule has 0 aliphatic heterocycles. The van der Waals surface area contributed by atoms with Gasteiger partial charge in [-0.05, 0) is 45.6 Å². The van der Waals surface area contributed by atoms with Gasteiger partial charge in [-0.25, -0.2) is 4.39 Å².